The summed E-state index contributed by atoms with van der Waals surface area (Å²) in [5.74, 6) is 2.39. The van der Waals surface area contributed by atoms with Crippen molar-refractivity contribution in [2.75, 3.05) is 19.6 Å². The Labute approximate surface area is 88.8 Å². The molecule has 1 atom stereocenters. The molecular weight excluding hydrogens is 172 g/mol. The highest BCUT2D eigenvalue weighted by Gasteiger charge is 2.25. The maximum atomic E-state index is 5.91. The van der Waals surface area contributed by atoms with Crippen LogP contribution in [0.1, 0.15) is 34.1 Å². The molecule has 0 aliphatic carbocycles. The summed E-state index contributed by atoms with van der Waals surface area (Å²) in [5.41, 5.74) is 5.91. The minimum absolute atomic E-state index is 0.426. The zero-order chi connectivity index (χ0) is 10.7. The summed E-state index contributed by atoms with van der Waals surface area (Å²) in [4.78, 5) is 2.54. The zero-order valence-corrected chi connectivity index (χ0v) is 10.2. The first kappa shape index (κ1) is 12.0. The highest BCUT2D eigenvalue weighted by atomic mass is 15.2. The van der Waals surface area contributed by atoms with E-state index in [1.165, 1.54) is 19.5 Å². The second-order valence-corrected chi connectivity index (χ2v) is 5.46. The molecule has 2 heteroatoms. The predicted octanol–water partition coefficient (Wildman–Crippen LogP) is 1.95. The molecule has 1 heterocycles. The van der Waals surface area contributed by atoms with Gasteiger partial charge in [-0.1, -0.05) is 27.7 Å². The van der Waals surface area contributed by atoms with Gasteiger partial charge >= 0.3 is 0 Å². The van der Waals surface area contributed by atoms with E-state index >= 15 is 0 Å². The van der Waals surface area contributed by atoms with E-state index in [0.717, 1.165) is 24.3 Å². The van der Waals surface area contributed by atoms with Crippen molar-refractivity contribution in [2.45, 2.75) is 40.2 Å². The molecule has 1 aliphatic heterocycles. The molecule has 1 saturated heterocycles. The quantitative estimate of drug-likeness (QED) is 0.748. The Bertz CT molecular complexity index is 158. The second-order valence-electron chi connectivity index (χ2n) is 5.46. The monoisotopic (exact) mass is 198 g/mol. The van der Waals surface area contributed by atoms with Gasteiger partial charge in [0.25, 0.3) is 0 Å². The molecule has 14 heavy (non-hydrogen) atoms. The molecule has 0 aromatic carbocycles. The van der Waals surface area contributed by atoms with Crippen molar-refractivity contribution in [1.82, 2.24) is 4.90 Å². The normalized spacial score (nSPS) is 24.4. The third-order valence-corrected chi connectivity index (χ3v) is 3.49. The van der Waals surface area contributed by atoms with Crippen molar-refractivity contribution in [3.8, 4) is 0 Å². The van der Waals surface area contributed by atoms with E-state index in [1.807, 2.05) is 0 Å². The minimum Gasteiger partial charge on any atom is -0.326 e. The molecule has 1 rings (SSSR count). The fourth-order valence-corrected chi connectivity index (χ4v) is 2.52. The number of rotatable bonds is 4. The van der Waals surface area contributed by atoms with Gasteiger partial charge in [0.15, 0.2) is 0 Å². The molecule has 0 bridgehead atoms. The van der Waals surface area contributed by atoms with E-state index in [9.17, 15) is 0 Å². The molecule has 84 valence electrons. The van der Waals surface area contributed by atoms with Crippen LogP contribution in [-0.2, 0) is 0 Å². The summed E-state index contributed by atoms with van der Waals surface area (Å²) >= 11 is 0. The van der Waals surface area contributed by atoms with Crippen LogP contribution in [0.2, 0.25) is 0 Å². The van der Waals surface area contributed by atoms with Crippen LogP contribution < -0.4 is 5.73 Å². The third-order valence-electron chi connectivity index (χ3n) is 3.49. The molecule has 0 radical (unpaired) electrons. The van der Waals surface area contributed by atoms with Gasteiger partial charge in [-0.3, -0.25) is 0 Å². The molecule has 0 spiro atoms. The molecule has 0 aromatic heterocycles. The van der Waals surface area contributed by atoms with Gasteiger partial charge in [-0.05, 0) is 30.7 Å². The van der Waals surface area contributed by atoms with E-state index < -0.39 is 0 Å². The van der Waals surface area contributed by atoms with E-state index in [4.69, 9.17) is 5.73 Å². The highest BCUT2D eigenvalue weighted by Crippen LogP contribution is 2.23. The lowest BCUT2D eigenvalue weighted by atomic mass is 9.85. The maximum Gasteiger partial charge on any atom is 0.0180 e. The first-order valence-electron chi connectivity index (χ1n) is 5.98. The van der Waals surface area contributed by atoms with Crippen molar-refractivity contribution in [3.05, 3.63) is 0 Å². The molecule has 2 N–H and O–H groups in total. The molecule has 2 nitrogen and oxygen atoms in total. The molecule has 0 aromatic rings. The van der Waals surface area contributed by atoms with Gasteiger partial charge in [-0.2, -0.15) is 0 Å². The molecular formula is C12H26N2. The highest BCUT2D eigenvalue weighted by molar-refractivity contribution is 4.81. The van der Waals surface area contributed by atoms with Gasteiger partial charge in [-0.15, -0.1) is 0 Å². The van der Waals surface area contributed by atoms with Gasteiger partial charge in [-0.25, -0.2) is 0 Å². The van der Waals surface area contributed by atoms with E-state index in [1.54, 1.807) is 0 Å². The van der Waals surface area contributed by atoms with Crippen LogP contribution in [0.15, 0.2) is 0 Å². The standard InChI is InChI=1S/C12H26N2/c1-9(2)12(10(3)4)8-14-6-5-11(13)7-14/h9-12H,5-8,13H2,1-4H3. The van der Waals surface area contributed by atoms with Crippen LogP contribution in [0, 0.1) is 17.8 Å². The van der Waals surface area contributed by atoms with Crippen molar-refractivity contribution < 1.29 is 0 Å². The summed E-state index contributed by atoms with van der Waals surface area (Å²) in [6, 6.07) is 0.426. The van der Waals surface area contributed by atoms with Crippen LogP contribution in [0.4, 0.5) is 0 Å². The van der Waals surface area contributed by atoms with Crippen molar-refractivity contribution in [3.63, 3.8) is 0 Å². The van der Waals surface area contributed by atoms with E-state index in [0.29, 0.717) is 6.04 Å². The van der Waals surface area contributed by atoms with Gasteiger partial charge in [0.05, 0.1) is 0 Å². The summed E-state index contributed by atoms with van der Waals surface area (Å²) in [5, 5.41) is 0. The number of nitrogens with zero attached hydrogens (tertiary/aromatic N) is 1. The number of likely N-dealkylation sites (tertiary alicyclic amines) is 1. The summed E-state index contributed by atoms with van der Waals surface area (Å²) in [6.07, 6.45) is 1.18. The second kappa shape index (κ2) is 5.13. The van der Waals surface area contributed by atoms with Crippen LogP contribution >= 0.6 is 0 Å². The van der Waals surface area contributed by atoms with Crippen LogP contribution in [0.3, 0.4) is 0 Å². The Balaban J connectivity index is 2.40. The summed E-state index contributed by atoms with van der Waals surface area (Å²) in [6.45, 7) is 12.9. The predicted molar refractivity (Wildman–Crippen MR) is 62.2 cm³/mol. The average molecular weight is 198 g/mol. The van der Waals surface area contributed by atoms with Crippen LogP contribution in [-0.4, -0.2) is 30.6 Å². The number of nitrogens with two attached hydrogens (primary N) is 1. The van der Waals surface area contributed by atoms with Gasteiger partial charge < -0.3 is 10.6 Å². The third kappa shape index (κ3) is 3.25. The lowest BCUT2D eigenvalue weighted by molar-refractivity contribution is 0.189. The zero-order valence-electron chi connectivity index (χ0n) is 10.2. The molecule has 1 aliphatic rings. The van der Waals surface area contributed by atoms with Crippen LogP contribution in [0.25, 0.3) is 0 Å². The van der Waals surface area contributed by atoms with E-state index in [-0.39, 0.29) is 0 Å². The lowest BCUT2D eigenvalue weighted by Crippen LogP contribution is -2.34. The van der Waals surface area contributed by atoms with Crippen molar-refractivity contribution in [2.24, 2.45) is 23.5 Å². The SMILES string of the molecule is CC(C)C(CN1CCC(N)C1)C(C)C. The topological polar surface area (TPSA) is 29.3 Å². The first-order valence-corrected chi connectivity index (χ1v) is 5.98. The molecule has 1 fully saturated rings. The number of hydrogen-bond acceptors (Lipinski definition) is 2. The molecule has 1 unspecified atom stereocenters. The van der Waals surface area contributed by atoms with Crippen molar-refractivity contribution in [1.29, 1.82) is 0 Å². The lowest BCUT2D eigenvalue weighted by Gasteiger charge is -2.29. The van der Waals surface area contributed by atoms with Gasteiger partial charge in [0.1, 0.15) is 0 Å². The smallest absolute Gasteiger partial charge is 0.0180 e. The Morgan fingerprint density at radius 1 is 1.21 bits per heavy atom. The largest absolute Gasteiger partial charge is 0.326 e. The Hall–Kier alpha value is -0.0800. The van der Waals surface area contributed by atoms with E-state index in [2.05, 4.69) is 32.6 Å². The summed E-state index contributed by atoms with van der Waals surface area (Å²) < 4.78 is 0. The van der Waals surface area contributed by atoms with Crippen LogP contribution in [0.5, 0.6) is 0 Å². The molecule has 0 amide bonds. The summed E-state index contributed by atoms with van der Waals surface area (Å²) in [7, 11) is 0. The Morgan fingerprint density at radius 2 is 1.79 bits per heavy atom. The fraction of sp³-hybridized carbons (Fsp3) is 1.00. The average Bonchev–Trinajstić information content (AvgIpc) is 2.46. The van der Waals surface area contributed by atoms with Crippen molar-refractivity contribution >= 4 is 0 Å². The molecule has 0 saturated carbocycles. The maximum absolute atomic E-state index is 5.91. The van der Waals surface area contributed by atoms with Gasteiger partial charge in [0, 0.05) is 19.1 Å². The first-order chi connectivity index (χ1) is 6.50. The Morgan fingerprint density at radius 3 is 2.14 bits per heavy atom. The number of hydrogen-bond donors (Lipinski definition) is 1. The fourth-order valence-electron chi connectivity index (χ4n) is 2.52. The minimum atomic E-state index is 0.426. The van der Waals surface area contributed by atoms with Gasteiger partial charge in [0.2, 0.25) is 0 Å². The Kier molecular flexibility index (Phi) is 4.39.